The van der Waals surface area contributed by atoms with Crippen LogP contribution in [-0.2, 0) is 11.3 Å². The first kappa shape index (κ1) is 11.7. The molecule has 0 aliphatic heterocycles. The van der Waals surface area contributed by atoms with E-state index in [4.69, 9.17) is 0 Å². The number of carbonyl (C=O) groups is 1. The quantitative estimate of drug-likeness (QED) is 0.714. The van der Waals surface area contributed by atoms with Crippen LogP contribution < -0.4 is 10.9 Å². The van der Waals surface area contributed by atoms with Crippen LogP contribution in [-0.4, -0.2) is 10.9 Å². The molecule has 0 saturated carbocycles. The molecular formula is C11H17N3O. The van der Waals surface area contributed by atoms with Gasteiger partial charge >= 0.3 is 0 Å². The molecule has 0 bridgehead atoms. The summed E-state index contributed by atoms with van der Waals surface area (Å²) in [6.07, 6.45) is 2.27. The molecule has 15 heavy (non-hydrogen) atoms. The van der Waals surface area contributed by atoms with Gasteiger partial charge in [0, 0.05) is 12.6 Å². The minimum Gasteiger partial charge on any atom is -0.291 e. The smallest absolute Gasteiger partial charge is 0.234 e. The van der Waals surface area contributed by atoms with Crippen LogP contribution in [0.15, 0.2) is 24.4 Å². The number of nitrogens with zero attached hydrogens (tertiary/aromatic N) is 1. The maximum Gasteiger partial charge on any atom is 0.234 e. The number of hydrogen-bond donors (Lipinski definition) is 2. The Labute approximate surface area is 90.1 Å². The van der Waals surface area contributed by atoms with E-state index in [2.05, 4.69) is 15.8 Å². The molecule has 4 nitrogen and oxygen atoms in total. The molecule has 1 rings (SSSR count). The fourth-order valence-corrected chi connectivity index (χ4v) is 1.16. The van der Waals surface area contributed by atoms with E-state index in [-0.39, 0.29) is 5.91 Å². The van der Waals surface area contributed by atoms with E-state index in [0.717, 1.165) is 5.69 Å². The van der Waals surface area contributed by atoms with E-state index in [9.17, 15) is 4.79 Å². The number of nitrogens with one attached hydrogen (secondary N) is 2. The van der Waals surface area contributed by atoms with Crippen LogP contribution in [0.4, 0.5) is 0 Å². The third kappa shape index (κ3) is 5.12. The van der Waals surface area contributed by atoms with Gasteiger partial charge in [-0.05, 0) is 18.1 Å². The topological polar surface area (TPSA) is 54.0 Å². The number of hydrogen-bond acceptors (Lipinski definition) is 3. The third-order valence-electron chi connectivity index (χ3n) is 1.82. The normalized spacial score (nSPS) is 10.3. The highest BCUT2D eigenvalue weighted by atomic mass is 16.2. The molecule has 0 atom stereocenters. The molecule has 0 saturated heterocycles. The second kappa shape index (κ2) is 6.14. The van der Waals surface area contributed by atoms with Gasteiger partial charge in [-0.1, -0.05) is 19.9 Å². The van der Waals surface area contributed by atoms with Crippen LogP contribution in [0, 0.1) is 5.92 Å². The zero-order valence-electron chi connectivity index (χ0n) is 9.16. The van der Waals surface area contributed by atoms with Crippen molar-refractivity contribution in [3.05, 3.63) is 30.1 Å². The molecule has 0 aliphatic rings. The summed E-state index contributed by atoms with van der Waals surface area (Å²) in [6.45, 7) is 4.57. The Balaban J connectivity index is 2.19. The molecule has 1 aromatic rings. The lowest BCUT2D eigenvalue weighted by atomic mass is 10.1. The molecule has 1 aromatic heterocycles. The van der Waals surface area contributed by atoms with Crippen LogP contribution >= 0.6 is 0 Å². The second-order valence-electron chi connectivity index (χ2n) is 3.82. The monoisotopic (exact) mass is 207 g/mol. The van der Waals surface area contributed by atoms with Gasteiger partial charge in [0.1, 0.15) is 0 Å². The lowest BCUT2D eigenvalue weighted by Gasteiger charge is -2.07. The van der Waals surface area contributed by atoms with Crippen molar-refractivity contribution in [2.24, 2.45) is 5.92 Å². The molecular weight excluding hydrogens is 190 g/mol. The average Bonchev–Trinajstić information content (AvgIpc) is 2.18. The fraction of sp³-hybridized carbons (Fsp3) is 0.455. The summed E-state index contributed by atoms with van der Waals surface area (Å²) in [5.41, 5.74) is 6.38. The highest BCUT2D eigenvalue weighted by Crippen LogP contribution is 1.97. The highest BCUT2D eigenvalue weighted by molar-refractivity contribution is 5.75. The van der Waals surface area contributed by atoms with Crippen LogP contribution in [0.25, 0.3) is 0 Å². The Hall–Kier alpha value is -1.42. The summed E-state index contributed by atoms with van der Waals surface area (Å²) in [4.78, 5) is 15.4. The van der Waals surface area contributed by atoms with Crippen molar-refractivity contribution in [2.75, 3.05) is 0 Å². The molecule has 0 aliphatic carbocycles. The maximum atomic E-state index is 11.2. The lowest BCUT2D eigenvalue weighted by molar-refractivity contribution is -0.122. The zero-order valence-corrected chi connectivity index (χ0v) is 9.16. The van der Waals surface area contributed by atoms with Crippen molar-refractivity contribution in [1.82, 2.24) is 15.8 Å². The molecule has 4 heteroatoms. The van der Waals surface area contributed by atoms with Crippen LogP contribution in [0.3, 0.4) is 0 Å². The van der Waals surface area contributed by atoms with Gasteiger partial charge in [-0.25, -0.2) is 5.43 Å². The van der Waals surface area contributed by atoms with Crippen molar-refractivity contribution in [3.63, 3.8) is 0 Å². The summed E-state index contributed by atoms with van der Waals surface area (Å²) in [7, 11) is 0. The Morgan fingerprint density at radius 1 is 1.47 bits per heavy atom. The second-order valence-corrected chi connectivity index (χ2v) is 3.82. The number of pyridine rings is 1. The lowest BCUT2D eigenvalue weighted by Crippen LogP contribution is -2.37. The minimum atomic E-state index is 0.0148. The average molecular weight is 207 g/mol. The van der Waals surface area contributed by atoms with Gasteiger partial charge in [-0.3, -0.25) is 15.2 Å². The number of aromatic nitrogens is 1. The fourth-order valence-electron chi connectivity index (χ4n) is 1.16. The van der Waals surface area contributed by atoms with Gasteiger partial charge in [0.2, 0.25) is 5.91 Å². The van der Waals surface area contributed by atoms with Gasteiger partial charge in [0.15, 0.2) is 0 Å². The summed E-state index contributed by atoms with van der Waals surface area (Å²) < 4.78 is 0. The van der Waals surface area contributed by atoms with Gasteiger partial charge < -0.3 is 0 Å². The van der Waals surface area contributed by atoms with Crippen molar-refractivity contribution in [3.8, 4) is 0 Å². The molecule has 1 amide bonds. The van der Waals surface area contributed by atoms with Gasteiger partial charge in [-0.15, -0.1) is 0 Å². The molecule has 0 spiro atoms. The summed E-state index contributed by atoms with van der Waals surface area (Å²) in [5, 5.41) is 0. The minimum absolute atomic E-state index is 0.0148. The SMILES string of the molecule is CC(C)CC(=O)NNCc1ccccn1. The summed E-state index contributed by atoms with van der Waals surface area (Å²) >= 11 is 0. The first-order valence-corrected chi connectivity index (χ1v) is 5.10. The molecule has 0 fully saturated rings. The van der Waals surface area contributed by atoms with Gasteiger partial charge in [-0.2, -0.15) is 0 Å². The van der Waals surface area contributed by atoms with Crippen LogP contribution in [0.5, 0.6) is 0 Å². The number of rotatable bonds is 5. The Bertz CT molecular complexity index is 298. The maximum absolute atomic E-state index is 11.2. The number of hydrazine groups is 1. The van der Waals surface area contributed by atoms with Gasteiger partial charge in [0.25, 0.3) is 0 Å². The first-order valence-electron chi connectivity index (χ1n) is 5.10. The molecule has 0 radical (unpaired) electrons. The standard InChI is InChI=1S/C11H17N3O/c1-9(2)7-11(15)14-13-8-10-5-3-4-6-12-10/h3-6,9,13H,7-8H2,1-2H3,(H,14,15). The van der Waals surface area contributed by atoms with Crippen LogP contribution in [0.2, 0.25) is 0 Å². The van der Waals surface area contributed by atoms with E-state index in [1.807, 2.05) is 32.0 Å². The predicted molar refractivity (Wildman–Crippen MR) is 58.7 cm³/mol. The Morgan fingerprint density at radius 3 is 2.87 bits per heavy atom. The van der Waals surface area contributed by atoms with Crippen molar-refractivity contribution < 1.29 is 4.79 Å². The van der Waals surface area contributed by atoms with E-state index in [0.29, 0.717) is 18.9 Å². The van der Waals surface area contributed by atoms with E-state index in [1.54, 1.807) is 6.20 Å². The largest absolute Gasteiger partial charge is 0.291 e. The highest BCUT2D eigenvalue weighted by Gasteiger charge is 2.03. The zero-order chi connectivity index (χ0) is 11.1. The van der Waals surface area contributed by atoms with Gasteiger partial charge in [0.05, 0.1) is 12.2 Å². The summed E-state index contributed by atoms with van der Waals surface area (Å²) in [6, 6.07) is 5.68. The van der Waals surface area contributed by atoms with E-state index < -0.39 is 0 Å². The van der Waals surface area contributed by atoms with Crippen LogP contribution in [0.1, 0.15) is 26.0 Å². The first-order chi connectivity index (χ1) is 7.18. The molecule has 1 heterocycles. The van der Waals surface area contributed by atoms with E-state index >= 15 is 0 Å². The van der Waals surface area contributed by atoms with E-state index in [1.165, 1.54) is 0 Å². The number of amides is 1. The summed E-state index contributed by atoms with van der Waals surface area (Å²) in [5.74, 6) is 0.391. The molecule has 82 valence electrons. The molecule has 0 aromatic carbocycles. The van der Waals surface area contributed by atoms with Crippen molar-refractivity contribution in [2.45, 2.75) is 26.8 Å². The van der Waals surface area contributed by atoms with Crippen molar-refractivity contribution >= 4 is 5.91 Å². The Morgan fingerprint density at radius 2 is 2.27 bits per heavy atom. The number of carbonyl (C=O) groups excluding carboxylic acids is 1. The molecule has 0 unspecified atom stereocenters. The Kier molecular flexibility index (Phi) is 4.77. The molecule has 2 N–H and O–H groups in total. The van der Waals surface area contributed by atoms with Crippen molar-refractivity contribution in [1.29, 1.82) is 0 Å². The predicted octanol–water partition coefficient (Wildman–Crippen LogP) is 1.25. The third-order valence-corrected chi connectivity index (χ3v) is 1.82.